The summed E-state index contributed by atoms with van der Waals surface area (Å²) < 4.78 is 13.7. The Morgan fingerprint density at radius 3 is 1.44 bits per heavy atom. The number of carbonyl (C=O) groups is 2. The van der Waals surface area contributed by atoms with Gasteiger partial charge in [-0.3, -0.25) is 0 Å². The highest BCUT2D eigenvalue weighted by Gasteiger charge is 2.12. The molecule has 0 saturated heterocycles. The van der Waals surface area contributed by atoms with Crippen LogP contribution in [-0.2, 0) is 14.2 Å². The SMILES string of the molecule is CC(O)C#CC(C)O.O=C(OCCCCCCl)OC(=O)OCCCCCCl. The molecule has 158 valence electrons. The summed E-state index contributed by atoms with van der Waals surface area (Å²) in [4.78, 5) is 22.1. The van der Waals surface area contributed by atoms with E-state index in [4.69, 9.17) is 33.4 Å². The summed E-state index contributed by atoms with van der Waals surface area (Å²) in [6.45, 7) is 3.52. The Hall–Kier alpha value is -1.20. The van der Waals surface area contributed by atoms with Crippen molar-refractivity contribution in [3.63, 3.8) is 0 Å². The topological polar surface area (TPSA) is 102 Å². The van der Waals surface area contributed by atoms with Crippen LogP contribution in [0, 0.1) is 11.8 Å². The predicted molar refractivity (Wildman–Crippen MR) is 104 cm³/mol. The molecule has 0 radical (unpaired) electrons. The summed E-state index contributed by atoms with van der Waals surface area (Å²) in [7, 11) is 0. The second kappa shape index (κ2) is 21.1. The summed E-state index contributed by atoms with van der Waals surface area (Å²) in [6, 6.07) is 0. The Morgan fingerprint density at radius 1 is 0.778 bits per heavy atom. The van der Waals surface area contributed by atoms with E-state index in [0.717, 1.165) is 25.7 Å². The van der Waals surface area contributed by atoms with Gasteiger partial charge < -0.3 is 24.4 Å². The van der Waals surface area contributed by atoms with Crippen LogP contribution in [0.3, 0.4) is 0 Å². The van der Waals surface area contributed by atoms with Gasteiger partial charge in [0, 0.05) is 11.8 Å². The average Bonchev–Trinajstić information content (AvgIpc) is 2.60. The van der Waals surface area contributed by atoms with Crippen molar-refractivity contribution in [3.05, 3.63) is 0 Å². The monoisotopic (exact) mass is 428 g/mol. The smallest absolute Gasteiger partial charge is 0.434 e. The van der Waals surface area contributed by atoms with Crippen molar-refractivity contribution in [1.29, 1.82) is 0 Å². The van der Waals surface area contributed by atoms with Crippen LogP contribution in [0.1, 0.15) is 52.4 Å². The minimum absolute atomic E-state index is 0.207. The molecule has 2 unspecified atom stereocenters. The lowest BCUT2D eigenvalue weighted by molar-refractivity contribution is 0.0354. The van der Waals surface area contributed by atoms with Crippen LogP contribution in [0.5, 0.6) is 0 Å². The molecule has 0 saturated carbocycles. The van der Waals surface area contributed by atoms with Crippen molar-refractivity contribution < 1.29 is 34.0 Å². The molecule has 0 aromatic carbocycles. The maximum absolute atomic E-state index is 11.0. The number of carbonyl (C=O) groups excluding carboxylic acids is 2. The normalized spacial score (nSPS) is 11.8. The van der Waals surface area contributed by atoms with Crippen LogP contribution in [0.15, 0.2) is 0 Å². The molecule has 0 rings (SSSR count). The lowest BCUT2D eigenvalue weighted by Crippen LogP contribution is -2.16. The Bertz CT molecular complexity index is 395. The maximum Gasteiger partial charge on any atom is 0.518 e. The summed E-state index contributed by atoms with van der Waals surface area (Å²) in [5.74, 6) is 5.97. The first-order valence-corrected chi connectivity index (χ1v) is 9.90. The Labute approximate surface area is 171 Å². The van der Waals surface area contributed by atoms with Crippen LogP contribution in [0.4, 0.5) is 9.59 Å². The third-order valence-corrected chi connectivity index (χ3v) is 3.20. The fourth-order valence-corrected chi connectivity index (χ4v) is 1.80. The minimum Gasteiger partial charge on any atom is -0.434 e. The van der Waals surface area contributed by atoms with Gasteiger partial charge in [0.05, 0.1) is 13.2 Å². The number of aliphatic hydroxyl groups excluding tert-OH is 2. The highest BCUT2D eigenvalue weighted by atomic mass is 35.5. The Balaban J connectivity index is 0. The molecule has 0 heterocycles. The number of alkyl halides is 2. The first-order chi connectivity index (χ1) is 12.8. The van der Waals surface area contributed by atoms with Gasteiger partial charge in [-0.25, -0.2) is 9.59 Å². The number of halogens is 2. The number of hydrogen-bond acceptors (Lipinski definition) is 7. The molecule has 2 N–H and O–H groups in total. The van der Waals surface area contributed by atoms with Crippen LogP contribution < -0.4 is 0 Å². The van der Waals surface area contributed by atoms with Crippen molar-refractivity contribution >= 4 is 35.5 Å². The molecule has 0 amide bonds. The zero-order chi connectivity index (χ0) is 20.9. The Morgan fingerprint density at radius 2 is 1.15 bits per heavy atom. The average molecular weight is 429 g/mol. The van der Waals surface area contributed by atoms with Gasteiger partial charge in [-0.15, -0.1) is 23.2 Å². The summed E-state index contributed by atoms with van der Waals surface area (Å²) in [5, 5.41) is 17.0. The molecule has 0 aliphatic heterocycles. The first kappa shape index (κ1) is 28.0. The van der Waals surface area contributed by atoms with E-state index in [2.05, 4.69) is 26.1 Å². The standard InChI is InChI=1S/C12H20Cl2O5.C6H10O2/c13-7-3-1-5-9-17-11(15)19-12(16)18-10-6-2-4-8-14;1-5(7)3-4-6(2)8/h1-10H2;5-8H,1-2H3. The third kappa shape index (κ3) is 27.1. The molecule has 0 aliphatic carbocycles. The van der Waals surface area contributed by atoms with E-state index < -0.39 is 24.5 Å². The second-order valence-electron chi connectivity index (χ2n) is 5.44. The van der Waals surface area contributed by atoms with Crippen LogP contribution >= 0.6 is 23.2 Å². The molecule has 27 heavy (non-hydrogen) atoms. The van der Waals surface area contributed by atoms with E-state index in [1.54, 1.807) is 13.8 Å². The van der Waals surface area contributed by atoms with Crippen molar-refractivity contribution in [2.75, 3.05) is 25.0 Å². The number of aliphatic hydroxyl groups is 2. The molecule has 9 heteroatoms. The predicted octanol–water partition coefficient (Wildman–Crippen LogP) is 3.85. The van der Waals surface area contributed by atoms with Gasteiger partial charge in [-0.05, 0) is 52.4 Å². The number of ether oxygens (including phenoxy) is 3. The molecule has 0 fully saturated rings. The van der Waals surface area contributed by atoms with Crippen LogP contribution in [0.2, 0.25) is 0 Å². The molecular weight excluding hydrogens is 399 g/mol. The third-order valence-electron chi connectivity index (χ3n) is 2.66. The number of rotatable bonds is 10. The van der Waals surface area contributed by atoms with Crippen LogP contribution in [-0.4, -0.2) is 59.7 Å². The lowest BCUT2D eigenvalue weighted by Gasteiger charge is -2.05. The molecule has 0 spiro atoms. The molecule has 2 atom stereocenters. The van der Waals surface area contributed by atoms with Crippen molar-refractivity contribution in [3.8, 4) is 11.8 Å². The van der Waals surface area contributed by atoms with Gasteiger partial charge in [0.15, 0.2) is 0 Å². The molecule has 7 nitrogen and oxygen atoms in total. The van der Waals surface area contributed by atoms with Crippen molar-refractivity contribution in [1.82, 2.24) is 0 Å². The van der Waals surface area contributed by atoms with Gasteiger partial charge in [-0.1, -0.05) is 11.8 Å². The van der Waals surface area contributed by atoms with Gasteiger partial charge in [0.25, 0.3) is 0 Å². The largest absolute Gasteiger partial charge is 0.518 e. The quantitative estimate of drug-likeness (QED) is 0.179. The maximum atomic E-state index is 11.0. The lowest BCUT2D eigenvalue weighted by atomic mass is 10.3. The minimum atomic E-state index is -1.03. The molecule has 0 bridgehead atoms. The number of hydrogen-bond donors (Lipinski definition) is 2. The van der Waals surface area contributed by atoms with E-state index >= 15 is 0 Å². The summed E-state index contributed by atoms with van der Waals surface area (Å²) in [6.07, 6.45) is 1.51. The van der Waals surface area contributed by atoms with E-state index in [-0.39, 0.29) is 13.2 Å². The zero-order valence-corrected chi connectivity index (χ0v) is 17.4. The van der Waals surface area contributed by atoms with Gasteiger partial charge in [0.2, 0.25) is 0 Å². The highest BCUT2D eigenvalue weighted by Crippen LogP contribution is 2.01. The van der Waals surface area contributed by atoms with Gasteiger partial charge >= 0.3 is 12.3 Å². The Kier molecular flexibility index (Phi) is 21.9. The second-order valence-corrected chi connectivity index (χ2v) is 6.19. The van der Waals surface area contributed by atoms with E-state index in [1.165, 1.54) is 0 Å². The van der Waals surface area contributed by atoms with Gasteiger partial charge in [-0.2, -0.15) is 0 Å². The van der Waals surface area contributed by atoms with Crippen molar-refractivity contribution in [2.45, 2.75) is 64.6 Å². The number of unbranched alkanes of at least 4 members (excludes halogenated alkanes) is 4. The molecule has 0 aromatic heterocycles. The van der Waals surface area contributed by atoms with Crippen LogP contribution in [0.25, 0.3) is 0 Å². The van der Waals surface area contributed by atoms with Gasteiger partial charge in [0.1, 0.15) is 12.2 Å². The molecule has 0 aliphatic rings. The summed E-state index contributed by atoms with van der Waals surface area (Å²) in [5.41, 5.74) is 0. The molecular formula is C18H30Cl2O7. The fourth-order valence-electron chi connectivity index (χ4n) is 1.43. The molecule has 0 aromatic rings. The zero-order valence-electron chi connectivity index (χ0n) is 15.9. The summed E-state index contributed by atoms with van der Waals surface area (Å²) >= 11 is 11.0. The van der Waals surface area contributed by atoms with E-state index in [1.807, 2.05) is 0 Å². The fraction of sp³-hybridized carbons (Fsp3) is 0.778. The highest BCUT2D eigenvalue weighted by molar-refractivity contribution is 6.18. The van der Waals surface area contributed by atoms with Crippen molar-refractivity contribution in [2.24, 2.45) is 0 Å². The van der Waals surface area contributed by atoms with E-state index in [0.29, 0.717) is 24.6 Å². The van der Waals surface area contributed by atoms with E-state index in [9.17, 15) is 9.59 Å². The first-order valence-electron chi connectivity index (χ1n) is 8.84.